The van der Waals surface area contributed by atoms with E-state index in [9.17, 15) is 4.79 Å². The minimum Gasteiger partial charge on any atom is -0.507 e. The van der Waals surface area contributed by atoms with Gasteiger partial charge in [-0.05, 0) is 28.1 Å². The van der Waals surface area contributed by atoms with E-state index in [0.29, 0.717) is 0 Å². The highest BCUT2D eigenvalue weighted by atomic mass is 79.9. The molecule has 0 unspecified atom stereocenters. The summed E-state index contributed by atoms with van der Waals surface area (Å²) in [5.41, 5.74) is 5.40. The summed E-state index contributed by atoms with van der Waals surface area (Å²) in [7, 11) is 0. The normalized spacial score (nSPS) is 9.75. The number of aromatic hydroxyl groups is 1. The number of carboxylic acid groups (broad SMARTS) is 1. The monoisotopic (exact) mass is 231 g/mol. The lowest BCUT2D eigenvalue weighted by Crippen LogP contribution is -2.02. The van der Waals surface area contributed by atoms with Crippen LogP contribution in [0.3, 0.4) is 0 Å². The molecule has 4 nitrogen and oxygen atoms in total. The van der Waals surface area contributed by atoms with Gasteiger partial charge >= 0.3 is 5.97 Å². The second kappa shape index (κ2) is 3.02. The molecule has 0 spiro atoms. The van der Waals surface area contributed by atoms with Crippen molar-refractivity contribution >= 4 is 27.6 Å². The summed E-state index contributed by atoms with van der Waals surface area (Å²) in [6.45, 7) is 0. The van der Waals surface area contributed by atoms with Gasteiger partial charge in [0.1, 0.15) is 5.75 Å². The van der Waals surface area contributed by atoms with Gasteiger partial charge in [-0.1, -0.05) is 0 Å². The average molecular weight is 232 g/mol. The maximum absolute atomic E-state index is 10.5. The lowest BCUT2D eigenvalue weighted by Gasteiger charge is -2.03. The molecule has 0 aliphatic heterocycles. The molecule has 1 rings (SSSR count). The van der Waals surface area contributed by atoms with Gasteiger partial charge in [0.05, 0.1) is 15.7 Å². The van der Waals surface area contributed by atoms with Crippen molar-refractivity contribution < 1.29 is 15.0 Å². The van der Waals surface area contributed by atoms with Gasteiger partial charge in [-0.2, -0.15) is 0 Å². The second-order valence-electron chi connectivity index (χ2n) is 2.17. The van der Waals surface area contributed by atoms with Crippen LogP contribution in [0.5, 0.6) is 5.75 Å². The fraction of sp³-hybridized carbons (Fsp3) is 0. The predicted molar refractivity (Wildman–Crippen MR) is 47.2 cm³/mol. The molecule has 0 aliphatic rings. The van der Waals surface area contributed by atoms with Gasteiger partial charge in [0.15, 0.2) is 0 Å². The third-order valence-electron chi connectivity index (χ3n) is 1.39. The fourth-order valence-corrected chi connectivity index (χ4v) is 1.11. The molecule has 0 heterocycles. The minimum absolute atomic E-state index is 0.0281. The van der Waals surface area contributed by atoms with Crippen LogP contribution in [0.4, 0.5) is 5.69 Å². The van der Waals surface area contributed by atoms with Crippen LogP contribution in [0.25, 0.3) is 0 Å². The number of aromatic carboxylic acids is 1. The number of anilines is 1. The number of nitrogen functional groups attached to an aromatic ring is 1. The van der Waals surface area contributed by atoms with Crippen molar-refractivity contribution in [2.24, 2.45) is 0 Å². The third kappa shape index (κ3) is 1.35. The van der Waals surface area contributed by atoms with Crippen LogP contribution >= 0.6 is 15.9 Å². The largest absolute Gasteiger partial charge is 0.507 e. The van der Waals surface area contributed by atoms with Gasteiger partial charge in [0.25, 0.3) is 0 Å². The molecule has 0 fully saturated rings. The number of phenolic OH excluding ortho intramolecular Hbond substituents is 1. The Kier molecular flexibility index (Phi) is 2.23. The fourth-order valence-electron chi connectivity index (χ4n) is 0.768. The van der Waals surface area contributed by atoms with Crippen LogP contribution in [0.2, 0.25) is 0 Å². The van der Waals surface area contributed by atoms with Gasteiger partial charge in [-0.3, -0.25) is 0 Å². The molecule has 0 saturated heterocycles. The van der Waals surface area contributed by atoms with Crippen LogP contribution in [0, 0.1) is 0 Å². The number of halogens is 1. The lowest BCUT2D eigenvalue weighted by atomic mass is 10.2. The van der Waals surface area contributed by atoms with Crippen LogP contribution in [-0.4, -0.2) is 16.2 Å². The molecule has 0 saturated carbocycles. The Morgan fingerprint density at radius 3 is 2.58 bits per heavy atom. The maximum atomic E-state index is 10.5. The first-order chi connectivity index (χ1) is 5.54. The number of benzene rings is 1. The molecule has 4 N–H and O–H groups in total. The minimum atomic E-state index is -1.12. The quantitative estimate of drug-likeness (QED) is 0.639. The Morgan fingerprint density at radius 1 is 1.50 bits per heavy atom. The van der Waals surface area contributed by atoms with Crippen LogP contribution < -0.4 is 5.73 Å². The first-order valence-electron chi connectivity index (χ1n) is 3.04. The van der Waals surface area contributed by atoms with E-state index < -0.39 is 5.97 Å². The summed E-state index contributed by atoms with van der Waals surface area (Å²) >= 11 is 2.96. The molecule has 0 bridgehead atoms. The van der Waals surface area contributed by atoms with Crippen LogP contribution in [0.1, 0.15) is 10.4 Å². The number of phenols is 1. The lowest BCUT2D eigenvalue weighted by molar-refractivity contribution is 0.0698. The van der Waals surface area contributed by atoms with E-state index in [-0.39, 0.29) is 21.5 Å². The van der Waals surface area contributed by atoms with Gasteiger partial charge in [0, 0.05) is 0 Å². The molecule has 0 amide bonds. The molecule has 64 valence electrons. The standard InChI is InChI=1S/C7H6BrNO3/c8-5-4(10)2-1-3(6(5)9)7(11)12/h1-2,10H,9H2,(H,11,12). The molecule has 12 heavy (non-hydrogen) atoms. The van der Waals surface area contributed by atoms with Gasteiger partial charge in [-0.15, -0.1) is 0 Å². The molecule has 0 aliphatic carbocycles. The zero-order valence-electron chi connectivity index (χ0n) is 5.91. The van der Waals surface area contributed by atoms with Gasteiger partial charge < -0.3 is 15.9 Å². The highest BCUT2D eigenvalue weighted by Crippen LogP contribution is 2.31. The summed E-state index contributed by atoms with van der Waals surface area (Å²) in [6, 6.07) is 2.52. The number of nitrogens with two attached hydrogens (primary N) is 1. The maximum Gasteiger partial charge on any atom is 0.337 e. The number of carbonyl (C=O) groups is 1. The van der Waals surface area contributed by atoms with Gasteiger partial charge in [0.2, 0.25) is 0 Å². The Morgan fingerprint density at radius 2 is 2.08 bits per heavy atom. The zero-order chi connectivity index (χ0) is 9.30. The van der Waals surface area contributed by atoms with Crippen LogP contribution in [-0.2, 0) is 0 Å². The van der Waals surface area contributed by atoms with Crippen molar-refractivity contribution in [2.45, 2.75) is 0 Å². The van der Waals surface area contributed by atoms with Crippen molar-refractivity contribution in [3.8, 4) is 5.75 Å². The van der Waals surface area contributed by atoms with E-state index in [0.717, 1.165) is 0 Å². The third-order valence-corrected chi connectivity index (χ3v) is 2.22. The Labute approximate surface area is 76.8 Å². The van der Waals surface area contributed by atoms with Crippen molar-refractivity contribution in [2.75, 3.05) is 5.73 Å². The number of hydrogen-bond acceptors (Lipinski definition) is 3. The Bertz CT molecular complexity index is 338. The molecule has 0 atom stereocenters. The summed E-state index contributed by atoms with van der Waals surface area (Å²) < 4.78 is 0.211. The molecule has 0 radical (unpaired) electrons. The van der Waals surface area contributed by atoms with E-state index in [1.807, 2.05) is 0 Å². The SMILES string of the molecule is Nc1c(C(=O)O)ccc(O)c1Br. The van der Waals surface area contributed by atoms with E-state index in [4.69, 9.17) is 15.9 Å². The van der Waals surface area contributed by atoms with Gasteiger partial charge in [-0.25, -0.2) is 4.79 Å². The Balaban J connectivity index is 3.36. The molecule has 1 aromatic carbocycles. The number of carboxylic acids is 1. The highest BCUT2D eigenvalue weighted by molar-refractivity contribution is 9.10. The highest BCUT2D eigenvalue weighted by Gasteiger charge is 2.12. The van der Waals surface area contributed by atoms with Crippen molar-refractivity contribution in [1.82, 2.24) is 0 Å². The molecule has 1 aromatic rings. The summed E-state index contributed by atoms with van der Waals surface area (Å²) in [5, 5.41) is 17.7. The molecular weight excluding hydrogens is 226 g/mol. The van der Waals surface area contributed by atoms with E-state index in [1.165, 1.54) is 12.1 Å². The molecule has 5 heteroatoms. The molecule has 0 aromatic heterocycles. The summed E-state index contributed by atoms with van der Waals surface area (Å²) in [6.07, 6.45) is 0. The number of rotatable bonds is 1. The smallest absolute Gasteiger partial charge is 0.337 e. The van der Waals surface area contributed by atoms with E-state index in [2.05, 4.69) is 15.9 Å². The number of hydrogen-bond donors (Lipinski definition) is 3. The average Bonchev–Trinajstić information content (AvgIpc) is 2.00. The van der Waals surface area contributed by atoms with Crippen molar-refractivity contribution in [3.05, 3.63) is 22.2 Å². The molecular formula is C7H6BrNO3. The topological polar surface area (TPSA) is 83.6 Å². The summed E-state index contributed by atoms with van der Waals surface area (Å²) in [4.78, 5) is 10.5. The Hall–Kier alpha value is -1.23. The first kappa shape index (κ1) is 8.86. The van der Waals surface area contributed by atoms with E-state index in [1.54, 1.807) is 0 Å². The van der Waals surface area contributed by atoms with E-state index >= 15 is 0 Å². The van der Waals surface area contributed by atoms with Crippen LogP contribution in [0.15, 0.2) is 16.6 Å². The zero-order valence-corrected chi connectivity index (χ0v) is 7.50. The predicted octanol–water partition coefficient (Wildman–Crippen LogP) is 1.44. The summed E-state index contributed by atoms with van der Waals surface area (Å²) in [5.74, 6) is -1.19. The van der Waals surface area contributed by atoms with Crippen molar-refractivity contribution in [1.29, 1.82) is 0 Å². The second-order valence-corrected chi connectivity index (χ2v) is 2.96. The first-order valence-corrected chi connectivity index (χ1v) is 3.83. The van der Waals surface area contributed by atoms with Crippen molar-refractivity contribution in [3.63, 3.8) is 0 Å².